The Morgan fingerprint density at radius 2 is 1.71 bits per heavy atom. The Kier molecular flexibility index (Phi) is 8.66. The largest absolute Gasteiger partial charge is 0.461 e. The van der Waals surface area contributed by atoms with E-state index in [9.17, 15) is 9.70 Å². The molecule has 0 radical (unpaired) electrons. The predicted molar refractivity (Wildman–Crippen MR) is 81.1 cm³/mol. The first kappa shape index (κ1) is 20.0. The lowest BCUT2D eigenvalue weighted by atomic mass is 9.92. The van der Waals surface area contributed by atoms with Crippen molar-refractivity contribution in [1.29, 1.82) is 0 Å². The molecule has 0 amide bonds. The minimum absolute atomic E-state index is 0.0861. The van der Waals surface area contributed by atoms with Gasteiger partial charge in [-0.05, 0) is 41.5 Å². The Hall–Kier alpha value is -1.01. The van der Waals surface area contributed by atoms with Gasteiger partial charge in [-0.25, -0.2) is 4.79 Å². The van der Waals surface area contributed by atoms with Gasteiger partial charge in [-0.15, -0.1) is 0 Å². The summed E-state index contributed by atoms with van der Waals surface area (Å²) in [7, 11) is 0. The minimum atomic E-state index is -0.708. The second-order valence-corrected chi connectivity index (χ2v) is 6.20. The van der Waals surface area contributed by atoms with E-state index in [1.54, 1.807) is 6.92 Å². The van der Waals surface area contributed by atoms with Crippen molar-refractivity contribution in [1.82, 2.24) is 0 Å². The molecule has 0 aromatic rings. The molecule has 3 unspecified atom stereocenters. The molecule has 0 aliphatic carbocycles. The van der Waals surface area contributed by atoms with Gasteiger partial charge in [0.2, 0.25) is 0 Å². The maximum atomic E-state index is 11.9. The maximum Gasteiger partial charge on any atom is 0.335 e. The average molecular weight is 303 g/mol. The number of carbonyl (C=O) groups is 1. The third-order valence-corrected chi connectivity index (χ3v) is 3.31. The number of hydrogen-bond donors (Lipinski definition) is 0. The summed E-state index contributed by atoms with van der Waals surface area (Å²) >= 11 is 0. The normalized spacial score (nSPS) is 16.4. The van der Waals surface area contributed by atoms with Crippen LogP contribution in [0.1, 0.15) is 48.5 Å². The van der Waals surface area contributed by atoms with E-state index >= 15 is 0 Å². The fraction of sp³-hybridized carbons (Fsp3) is 0.933. The number of nitroso groups, excluding NO2 is 1. The van der Waals surface area contributed by atoms with Crippen LogP contribution in [-0.2, 0) is 19.0 Å². The van der Waals surface area contributed by atoms with Gasteiger partial charge in [0.25, 0.3) is 0 Å². The Balaban J connectivity index is 4.29. The lowest BCUT2D eigenvalue weighted by molar-refractivity contribution is -0.173. The molecule has 0 rings (SSSR count). The standard InChI is InChI=1S/C15H29NO5/c1-10(2)20-12(4)9-19-14(17)13(5)21-15(6,7)11(3)8-16-18/h10-13H,8-9H2,1-7H3. The Morgan fingerprint density at radius 3 is 2.19 bits per heavy atom. The SMILES string of the molecule is CC(C)OC(C)COC(=O)C(C)OC(C)(C)C(C)CN=O. The molecule has 0 heterocycles. The van der Waals surface area contributed by atoms with Crippen LogP contribution in [0.2, 0.25) is 0 Å². The van der Waals surface area contributed by atoms with Gasteiger partial charge in [0.15, 0.2) is 6.10 Å². The molecule has 0 spiro atoms. The predicted octanol–water partition coefficient (Wildman–Crippen LogP) is 2.93. The van der Waals surface area contributed by atoms with Gasteiger partial charge in [0.05, 0.1) is 24.4 Å². The van der Waals surface area contributed by atoms with Gasteiger partial charge in [-0.3, -0.25) is 0 Å². The molecule has 3 atom stereocenters. The number of esters is 1. The van der Waals surface area contributed by atoms with Crippen LogP contribution in [0.4, 0.5) is 0 Å². The summed E-state index contributed by atoms with van der Waals surface area (Å²) in [6.45, 7) is 13.2. The van der Waals surface area contributed by atoms with Crippen LogP contribution >= 0.6 is 0 Å². The van der Waals surface area contributed by atoms with Crippen molar-refractivity contribution in [2.75, 3.05) is 13.2 Å². The smallest absolute Gasteiger partial charge is 0.335 e. The quantitative estimate of drug-likeness (QED) is 0.458. The Morgan fingerprint density at radius 1 is 1.14 bits per heavy atom. The summed E-state index contributed by atoms with van der Waals surface area (Å²) in [5.41, 5.74) is -0.633. The third-order valence-electron chi connectivity index (χ3n) is 3.31. The summed E-state index contributed by atoms with van der Waals surface area (Å²) < 4.78 is 16.4. The van der Waals surface area contributed by atoms with Crippen molar-refractivity contribution in [2.24, 2.45) is 11.1 Å². The van der Waals surface area contributed by atoms with E-state index in [1.165, 1.54) is 0 Å². The van der Waals surface area contributed by atoms with E-state index in [0.29, 0.717) is 0 Å². The molecular weight excluding hydrogens is 274 g/mol. The molecule has 0 bridgehead atoms. The lowest BCUT2D eigenvalue weighted by Gasteiger charge is -2.32. The number of hydrogen-bond acceptors (Lipinski definition) is 6. The fourth-order valence-corrected chi connectivity index (χ4v) is 1.77. The van der Waals surface area contributed by atoms with Crippen molar-refractivity contribution in [3.8, 4) is 0 Å². The highest BCUT2D eigenvalue weighted by Gasteiger charge is 2.32. The third kappa shape index (κ3) is 8.12. The lowest BCUT2D eigenvalue weighted by Crippen LogP contribution is -2.41. The summed E-state index contributed by atoms with van der Waals surface area (Å²) in [4.78, 5) is 22.2. The van der Waals surface area contributed by atoms with E-state index in [0.717, 1.165) is 0 Å². The van der Waals surface area contributed by atoms with Crippen LogP contribution in [0.3, 0.4) is 0 Å². The number of rotatable bonds is 10. The van der Waals surface area contributed by atoms with Crippen LogP contribution in [0.5, 0.6) is 0 Å². The van der Waals surface area contributed by atoms with Crippen molar-refractivity contribution in [3.63, 3.8) is 0 Å². The zero-order valence-corrected chi connectivity index (χ0v) is 14.2. The number of ether oxygens (including phenoxy) is 3. The highest BCUT2D eigenvalue weighted by Crippen LogP contribution is 2.23. The molecule has 6 nitrogen and oxygen atoms in total. The monoisotopic (exact) mass is 303 g/mol. The molecule has 0 fully saturated rings. The first-order valence-electron chi connectivity index (χ1n) is 7.39. The van der Waals surface area contributed by atoms with Crippen LogP contribution < -0.4 is 0 Å². The first-order chi connectivity index (χ1) is 9.60. The maximum absolute atomic E-state index is 11.9. The van der Waals surface area contributed by atoms with E-state index in [1.807, 2.05) is 41.5 Å². The van der Waals surface area contributed by atoms with E-state index < -0.39 is 17.7 Å². The molecule has 0 N–H and O–H groups in total. The summed E-state index contributed by atoms with van der Waals surface area (Å²) in [6.07, 6.45) is -0.782. The van der Waals surface area contributed by atoms with Crippen molar-refractivity contribution >= 4 is 5.97 Å². The van der Waals surface area contributed by atoms with Crippen molar-refractivity contribution < 1.29 is 19.0 Å². The van der Waals surface area contributed by atoms with Gasteiger partial charge in [0, 0.05) is 5.92 Å². The van der Waals surface area contributed by atoms with Gasteiger partial charge >= 0.3 is 5.97 Å². The number of carbonyl (C=O) groups excluding carboxylic acids is 1. The summed E-state index contributed by atoms with van der Waals surface area (Å²) in [5.74, 6) is -0.526. The molecule has 6 heteroatoms. The van der Waals surface area contributed by atoms with Crippen LogP contribution in [0.25, 0.3) is 0 Å². The second-order valence-electron chi connectivity index (χ2n) is 6.20. The molecule has 0 saturated carbocycles. The average Bonchev–Trinajstić information content (AvgIpc) is 2.34. The first-order valence-corrected chi connectivity index (χ1v) is 7.39. The molecule has 0 aliphatic heterocycles. The zero-order valence-electron chi connectivity index (χ0n) is 14.2. The van der Waals surface area contributed by atoms with Crippen molar-refractivity contribution in [2.45, 2.75) is 72.4 Å². The summed E-state index contributed by atoms with van der Waals surface area (Å²) in [6, 6.07) is 0. The van der Waals surface area contributed by atoms with Crippen LogP contribution in [0.15, 0.2) is 5.18 Å². The Labute approximate surface area is 127 Å². The van der Waals surface area contributed by atoms with Gasteiger partial charge in [0.1, 0.15) is 6.61 Å². The van der Waals surface area contributed by atoms with E-state index in [2.05, 4.69) is 5.18 Å². The van der Waals surface area contributed by atoms with Crippen molar-refractivity contribution in [3.05, 3.63) is 4.91 Å². The van der Waals surface area contributed by atoms with E-state index in [4.69, 9.17) is 14.2 Å². The zero-order chi connectivity index (χ0) is 16.6. The molecular formula is C15H29NO5. The van der Waals surface area contributed by atoms with Gasteiger partial charge in [-0.1, -0.05) is 12.1 Å². The highest BCUT2D eigenvalue weighted by atomic mass is 16.6. The molecule has 124 valence electrons. The Bertz CT molecular complexity index is 330. The number of nitrogens with zero attached hydrogens (tertiary/aromatic N) is 1. The summed E-state index contributed by atoms with van der Waals surface area (Å²) in [5, 5.41) is 2.88. The molecule has 0 aromatic carbocycles. The highest BCUT2D eigenvalue weighted by molar-refractivity contribution is 5.74. The second kappa shape index (κ2) is 9.10. The van der Waals surface area contributed by atoms with E-state index in [-0.39, 0.29) is 31.3 Å². The van der Waals surface area contributed by atoms with Gasteiger partial charge < -0.3 is 14.2 Å². The fourth-order valence-electron chi connectivity index (χ4n) is 1.77. The topological polar surface area (TPSA) is 74.2 Å². The van der Waals surface area contributed by atoms with Crippen LogP contribution in [0, 0.1) is 10.8 Å². The molecule has 0 aliphatic rings. The molecule has 0 aromatic heterocycles. The molecule has 21 heavy (non-hydrogen) atoms. The van der Waals surface area contributed by atoms with Crippen LogP contribution in [-0.4, -0.2) is 43.0 Å². The molecule has 0 saturated heterocycles. The minimum Gasteiger partial charge on any atom is -0.461 e. The van der Waals surface area contributed by atoms with Gasteiger partial charge in [-0.2, -0.15) is 4.91 Å².